The van der Waals surface area contributed by atoms with Gasteiger partial charge in [-0.05, 0) is 57.6 Å². The third-order valence-corrected chi connectivity index (χ3v) is 4.77. The molecule has 22 heavy (non-hydrogen) atoms. The largest absolute Gasteiger partial charge is 0.343 e. The molecule has 0 radical (unpaired) electrons. The Balaban J connectivity index is 1.71. The SMILES string of the molecule is NCCCN1CCC(C2(c3ccc(F)cc3)OCCO2)CC1. The lowest BCUT2D eigenvalue weighted by atomic mass is 9.84. The lowest BCUT2D eigenvalue weighted by Gasteiger charge is -2.41. The summed E-state index contributed by atoms with van der Waals surface area (Å²) >= 11 is 0. The molecule has 0 amide bonds. The van der Waals surface area contributed by atoms with Gasteiger partial charge < -0.3 is 20.1 Å². The summed E-state index contributed by atoms with van der Waals surface area (Å²) in [6.45, 7) is 5.09. The smallest absolute Gasteiger partial charge is 0.197 e. The van der Waals surface area contributed by atoms with E-state index in [2.05, 4.69) is 4.90 Å². The lowest BCUT2D eigenvalue weighted by Crippen LogP contribution is -2.44. The number of ether oxygens (including phenoxy) is 2. The number of nitrogens with zero attached hydrogens (tertiary/aromatic N) is 1. The monoisotopic (exact) mass is 308 g/mol. The Morgan fingerprint density at radius 2 is 1.77 bits per heavy atom. The van der Waals surface area contributed by atoms with Crippen molar-refractivity contribution >= 4 is 0 Å². The number of likely N-dealkylation sites (tertiary alicyclic amines) is 1. The molecule has 0 spiro atoms. The third kappa shape index (κ3) is 3.18. The van der Waals surface area contributed by atoms with Gasteiger partial charge in [0.25, 0.3) is 0 Å². The molecule has 2 fully saturated rings. The van der Waals surface area contributed by atoms with Crippen molar-refractivity contribution in [3.8, 4) is 0 Å². The Hall–Kier alpha value is -1.01. The standard InChI is InChI=1S/C17H25FN2O2/c18-16-4-2-14(3-5-16)17(21-12-13-22-17)15-6-10-20(11-7-15)9-1-8-19/h2-5,15H,1,6-13,19H2. The fraction of sp³-hybridized carbons (Fsp3) is 0.647. The summed E-state index contributed by atoms with van der Waals surface area (Å²) in [4.78, 5) is 2.46. The molecule has 2 aliphatic rings. The van der Waals surface area contributed by atoms with Crippen LogP contribution in [-0.2, 0) is 15.3 Å². The molecule has 2 heterocycles. The number of hydrogen-bond acceptors (Lipinski definition) is 4. The molecule has 5 heteroatoms. The summed E-state index contributed by atoms with van der Waals surface area (Å²) < 4.78 is 25.3. The van der Waals surface area contributed by atoms with Crippen molar-refractivity contribution in [1.82, 2.24) is 4.90 Å². The molecule has 2 aliphatic heterocycles. The molecule has 0 bridgehead atoms. The zero-order valence-electron chi connectivity index (χ0n) is 13.0. The summed E-state index contributed by atoms with van der Waals surface area (Å²) in [7, 11) is 0. The van der Waals surface area contributed by atoms with Crippen LogP contribution in [0.1, 0.15) is 24.8 Å². The van der Waals surface area contributed by atoms with Crippen molar-refractivity contribution in [2.45, 2.75) is 25.0 Å². The van der Waals surface area contributed by atoms with Crippen molar-refractivity contribution in [3.05, 3.63) is 35.6 Å². The van der Waals surface area contributed by atoms with E-state index in [0.29, 0.717) is 19.1 Å². The van der Waals surface area contributed by atoms with Crippen LogP contribution in [0.4, 0.5) is 4.39 Å². The van der Waals surface area contributed by atoms with Crippen molar-refractivity contribution in [2.24, 2.45) is 11.7 Å². The van der Waals surface area contributed by atoms with Gasteiger partial charge in [-0.15, -0.1) is 0 Å². The van der Waals surface area contributed by atoms with Gasteiger partial charge in [0.1, 0.15) is 5.82 Å². The first-order valence-electron chi connectivity index (χ1n) is 8.21. The highest BCUT2D eigenvalue weighted by Crippen LogP contribution is 2.43. The molecule has 0 aromatic heterocycles. The first-order valence-corrected chi connectivity index (χ1v) is 8.21. The second kappa shape index (κ2) is 7.04. The fourth-order valence-corrected chi connectivity index (χ4v) is 3.60. The first kappa shape index (κ1) is 15.9. The predicted octanol–water partition coefficient (Wildman–Crippen LogP) is 2.09. The molecule has 2 saturated heterocycles. The molecule has 0 unspecified atom stereocenters. The molecule has 3 rings (SSSR count). The summed E-state index contributed by atoms with van der Waals surface area (Å²) in [5, 5.41) is 0. The van der Waals surface area contributed by atoms with Crippen LogP contribution in [0, 0.1) is 11.7 Å². The van der Waals surface area contributed by atoms with Gasteiger partial charge in [-0.3, -0.25) is 0 Å². The van der Waals surface area contributed by atoms with Gasteiger partial charge in [0.15, 0.2) is 5.79 Å². The van der Waals surface area contributed by atoms with Gasteiger partial charge >= 0.3 is 0 Å². The highest BCUT2D eigenvalue weighted by Gasteiger charge is 2.46. The average Bonchev–Trinajstić information content (AvgIpc) is 3.05. The van der Waals surface area contributed by atoms with E-state index < -0.39 is 5.79 Å². The summed E-state index contributed by atoms with van der Waals surface area (Å²) in [5.74, 6) is -0.601. The average molecular weight is 308 g/mol. The van der Waals surface area contributed by atoms with Crippen LogP contribution < -0.4 is 5.73 Å². The van der Waals surface area contributed by atoms with Crippen LogP contribution in [0.5, 0.6) is 0 Å². The van der Waals surface area contributed by atoms with Crippen LogP contribution in [0.2, 0.25) is 0 Å². The zero-order chi connectivity index (χ0) is 15.4. The normalized spacial score (nSPS) is 23.0. The Labute approximate surface area is 131 Å². The van der Waals surface area contributed by atoms with Crippen molar-refractivity contribution in [3.63, 3.8) is 0 Å². The minimum absolute atomic E-state index is 0.228. The van der Waals surface area contributed by atoms with Crippen molar-refractivity contribution in [1.29, 1.82) is 0 Å². The number of nitrogens with two attached hydrogens (primary N) is 1. The van der Waals surface area contributed by atoms with E-state index >= 15 is 0 Å². The van der Waals surface area contributed by atoms with Crippen molar-refractivity contribution in [2.75, 3.05) is 39.4 Å². The van der Waals surface area contributed by atoms with E-state index in [1.54, 1.807) is 12.1 Å². The molecule has 4 nitrogen and oxygen atoms in total. The van der Waals surface area contributed by atoms with E-state index in [9.17, 15) is 4.39 Å². The molecule has 2 N–H and O–H groups in total. The van der Waals surface area contributed by atoms with Gasteiger partial charge in [0.05, 0.1) is 13.2 Å². The minimum atomic E-state index is -0.687. The van der Waals surface area contributed by atoms with Crippen LogP contribution in [0.25, 0.3) is 0 Å². The van der Waals surface area contributed by atoms with Crippen molar-refractivity contribution < 1.29 is 13.9 Å². The first-order chi connectivity index (χ1) is 10.7. The molecule has 0 saturated carbocycles. The van der Waals surface area contributed by atoms with Gasteiger partial charge in [0, 0.05) is 11.5 Å². The van der Waals surface area contributed by atoms with Gasteiger partial charge in [0.2, 0.25) is 0 Å². The fourth-order valence-electron chi connectivity index (χ4n) is 3.60. The Bertz CT molecular complexity index is 466. The Morgan fingerprint density at radius 3 is 2.36 bits per heavy atom. The molecular formula is C17H25FN2O2. The number of benzene rings is 1. The molecule has 0 atom stereocenters. The van der Waals surface area contributed by atoms with E-state index in [4.69, 9.17) is 15.2 Å². The maximum Gasteiger partial charge on any atom is 0.197 e. The van der Waals surface area contributed by atoms with E-state index in [1.807, 2.05) is 0 Å². The number of halogens is 1. The van der Waals surface area contributed by atoms with Gasteiger partial charge in [-0.25, -0.2) is 4.39 Å². The third-order valence-electron chi connectivity index (χ3n) is 4.77. The maximum atomic E-state index is 13.2. The number of piperidine rings is 1. The van der Waals surface area contributed by atoms with Crippen LogP contribution in [0.3, 0.4) is 0 Å². The molecule has 1 aromatic rings. The summed E-state index contributed by atoms with van der Waals surface area (Å²) in [6.07, 6.45) is 3.10. The Kier molecular flexibility index (Phi) is 5.08. The van der Waals surface area contributed by atoms with E-state index in [0.717, 1.165) is 51.0 Å². The second-order valence-corrected chi connectivity index (χ2v) is 6.13. The lowest BCUT2D eigenvalue weighted by molar-refractivity contribution is -0.214. The second-order valence-electron chi connectivity index (χ2n) is 6.13. The predicted molar refractivity (Wildman–Crippen MR) is 82.8 cm³/mol. The van der Waals surface area contributed by atoms with Crippen LogP contribution in [-0.4, -0.2) is 44.3 Å². The topological polar surface area (TPSA) is 47.7 Å². The number of hydrogen-bond donors (Lipinski definition) is 1. The van der Waals surface area contributed by atoms with Crippen LogP contribution >= 0.6 is 0 Å². The highest BCUT2D eigenvalue weighted by molar-refractivity contribution is 5.23. The highest BCUT2D eigenvalue weighted by atomic mass is 19.1. The van der Waals surface area contributed by atoms with E-state index in [-0.39, 0.29) is 5.82 Å². The maximum absolute atomic E-state index is 13.2. The van der Waals surface area contributed by atoms with Gasteiger partial charge in [-0.2, -0.15) is 0 Å². The van der Waals surface area contributed by atoms with Crippen LogP contribution in [0.15, 0.2) is 24.3 Å². The zero-order valence-corrected chi connectivity index (χ0v) is 13.0. The van der Waals surface area contributed by atoms with E-state index in [1.165, 1.54) is 12.1 Å². The molecule has 1 aromatic carbocycles. The molecule has 122 valence electrons. The molecular weight excluding hydrogens is 283 g/mol. The van der Waals surface area contributed by atoms with Gasteiger partial charge in [-0.1, -0.05) is 12.1 Å². The quantitative estimate of drug-likeness (QED) is 0.905. The Morgan fingerprint density at radius 1 is 1.14 bits per heavy atom. The minimum Gasteiger partial charge on any atom is -0.343 e. The summed E-state index contributed by atoms with van der Waals surface area (Å²) in [6, 6.07) is 6.56. The number of rotatable bonds is 5. The summed E-state index contributed by atoms with van der Waals surface area (Å²) in [5.41, 5.74) is 6.52. The molecule has 0 aliphatic carbocycles.